The van der Waals surface area contributed by atoms with Crippen LogP contribution in [0.15, 0.2) is 37.9 Å². The molecule has 0 radical (unpaired) electrons. The van der Waals surface area contributed by atoms with Crippen LogP contribution in [0, 0.1) is 0 Å². The van der Waals surface area contributed by atoms with E-state index < -0.39 is 0 Å². The van der Waals surface area contributed by atoms with Gasteiger partial charge in [0.1, 0.15) is 0 Å². The van der Waals surface area contributed by atoms with Crippen molar-refractivity contribution in [1.82, 2.24) is 0 Å². The molecular weight excluding hydrogens is 404 g/mol. The molecule has 1 heterocycles. The van der Waals surface area contributed by atoms with Gasteiger partial charge in [0.05, 0.1) is 13.1 Å². The third-order valence-electron chi connectivity index (χ3n) is 2.76. The van der Waals surface area contributed by atoms with Gasteiger partial charge in [-0.1, -0.05) is 13.0 Å². The van der Waals surface area contributed by atoms with Crippen molar-refractivity contribution in [3.63, 3.8) is 0 Å². The number of hydrogen-bond donors (Lipinski definition) is 1. The average molecular weight is 418 g/mol. The molecule has 2 rings (SSSR count). The SMILES string of the molecule is CCCN(C(=O)c1cc(Br)sc1Br)c1cccc(N)c1. The van der Waals surface area contributed by atoms with E-state index in [1.54, 1.807) is 4.90 Å². The van der Waals surface area contributed by atoms with Crippen LogP contribution in [0.3, 0.4) is 0 Å². The van der Waals surface area contributed by atoms with Gasteiger partial charge in [-0.25, -0.2) is 0 Å². The van der Waals surface area contributed by atoms with Crippen molar-refractivity contribution < 1.29 is 4.79 Å². The van der Waals surface area contributed by atoms with Gasteiger partial charge < -0.3 is 10.6 Å². The molecular formula is C14H14Br2N2OS. The van der Waals surface area contributed by atoms with Crippen LogP contribution in [0.1, 0.15) is 23.7 Å². The molecule has 1 aromatic carbocycles. The Morgan fingerprint density at radius 1 is 1.35 bits per heavy atom. The minimum Gasteiger partial charge on any atom is -0.399 e. The summed E-state index contributed by atoms with van der Waals surface area (Å²) < 4.78 is 1.76. The molecule has 0 fully saturated rings. The monoisotopic (exact) mass is 416 g/mol. The number of anilines is 2. The van der Waals surface area contributed by atoms with Crippen LogP contribution in [0.4, 0.5) is 11.4 Å². The van der Waals surface area contributed by atoms with Crippen LogP contribution >= 0.6 is 43.2 Å². The molecule has 0 aliphatic carbocycles. The van der Waals surface area contributed by atoms with E-state index in [2.05, 4.69) is 31.9 Å². The van der Waals surface area contributed by atoms with Crippen LogP contribution in [0.25, 0.3) is 0 Å². The second-order valence-corrected chi connectivity index (χ2v) is 8.04. The van der Waals surface area contributed by atoms with Gasteiger partial charge in [0.25, 0.3) is 5.91 Å². The maximum Gasteiger partial charge on any atom is 0.260 e. The number of thiophene rings is 1. The Bertz CT molecular complexity index is 627. The average Bonchev–Trinajstić information content (AvgIpc) is 2.74. The van der Waals surface area contributed by atoms with Gasteiger partial charge in [-0.2, -0.15) is 0 Å². The van der Waals surface area contributed by atoms with Crippen molar-refractivity contribution >= 4 is 60.5 Å². The highest BCUT2D eigenvalue weighted by Gasteiger charge is 2.21. The lowest BCUT2D eigenvalue weighted by Crippen LogP contribution is -2.31. The van der Waals surface area contributed by atoms with Crippen LogP contribution < -0.4 is 10.6 Å². The lowest BCUT2D eigenvalue weighted by atomic mass is 10.2. The van der Waals surface area contributed by atoms with Gasteiger partial charge in [0.15, 0.2) is 0 Å². The first-order chi connectivity index (χ1) is 9.52. The molecule has 2 N–H and O–H groups in total. The van der Waals surface area contributed by atoms with E-state index in [0.29, 0.717) is 17.8 Å². The maximum absolute atomic E-state index is 12.7. The number of nitrogen functional groups attached to an aromatic ring is 1. The number of rotatable bonds is 4. The quantitative estimate of drug-likeness (QED) is 0.718. The number of halogens is 2. The lowest BCUT2D eigenvalue weighted by Gasteiger charge is -2.22. The number of nitrogens with two attached hydrogens (primary N) is 1. The summed E-state index contributed by atoms with van der Waals surface area (Å²) in [7, 11) is 0. The number of benzene rings is 1. The fraction of sp³-hybridized carbons (Fsp3) is 0.214. The minimum atomic E-state index is -0.0220. The van der Waals surface area contributed by atoms with Crippen molar-refractivity contribution in [3.05, 3.63) is 43.5 Å². The first-order valence-corrected chi connectivity index (χ1v) is 8.55. The number of hydrogen-bond acceptors (Lipinski definition) is 3. The molecule has 6 heteroatoms. The summed E-state index contributed by atoms with van der Waals surface area (Å²) in [6.45, 7) is 2.70. The van der Waals surface area contributed by atoms with E-state index in [9.17, 15) is 4.79 Å². The molecule has 0 aliphatic heterocycles. The fourth-order valence-electron chi connectivity index (χ4n) is 1.90. The molecule has 0 unspecified atom stereocenters. The largest absolute Gasteiger partial charge is 0.399 e. The van der Waals surface area contributed by atoms with Gasteiger partial charge in [-0.15, -0.1) is 11.3 Å². The Hall–Kier alpha value is -0.850. The molecule has 2 aromatic rings. The molecule has 20 heavy (non-hydrogen) atoms. The molecule has 0 spiro atoms. The van der Waals surface area contributed by atoms with Crippen molar-refractivity contribution in [2.24, 2.45) is 0 Å². The predicted molar refractivity (Wildman–Crippen MR) is 92.5 cm³/mol. The number of nitrogens with zero attached hydrogens (tertiary/aromatic N) is 1. The first kappa shape index (κ1) is 15.5. The Kier molecular flexibility index (Phi) is 5.23. The smallest absolute Gasteiger partial charge is 0.260 e. The van der Waals surface area contributed by atoms with Gasteiger partial charge in [0, 0.05) is 17.9 Å². The molecule has 0 saturated carbocycles. The highest BCUT2D eigenvalue weighted by atomic mass is 79.9. The van der Waals surface area contributed by atoms with Gasteiger partial charge in [0.2, 0.25) is 0 Å². The standard InChI is InChI=1S/C14H14Br2N2OS/c1-2-6-18(10-5-3-4-9(17)7-10)14(19)11-8-12(15)20-13(11)16/h3-5,7-8H,2,6,17H2,1H3. The van der Waals surface area contributed by atoms with Gasteiger partial charge in [-0.05, 0) is 62.5 Å². The number of amides is 1. The second kappa shape index (κ2) is 6.74. The van der Waals surface area contributed by atoms with Crippen LogP contribution in [-0.4, -0.2) is 12.5 Å². The van der Waals surface area contributed by atoms with Gasteiger partial charge >= 0.3 is 0 Å². The molecule has 0 saturated heterocycles. The van der Waals surface area contributed by atoms with E-state index >= 15 is 0 Å². The van der Waals surface area contributed by atoms with Gasteiger partial charge in [-0.3, -0.25) is 4.79 Å². The summed E-state index contributed by atoms with van der Waals surface area (Å²) in [6.07, 6.45) is 0.878. The topological polar surface area (TPSA) is 46.3 Å². The van der Waals surface area contributed by atoms with Crippen molar-refractivity contribution in [2.45, 2.75) is 13.3 Å². The Balaban J connectivity index is 2.38. The molecule has 0 bridgehead atoms. The summed E-state index contributed by atoms with van der Waals surface area (Å²) in [5.74, 6) is -0.0220. The molecule has 0 atom stereocenters. The predicted octanol–water partition coefficient (Wildman–Crippen LogP) is 4.91. The van der Waals surface area contributed by atoms with Crippen molar-refractivity contribution in [3.8, 4) is 0 Å². The van der Waals surface area contributed by atoms with E-state index in [0.717, 1.165) is 19.7 Å². The normalized spacial score (nSPS) is 10.6. The van der Waals surface area contributed by atoms with Crippen molar-refractivity contribution in [2.75, 3.05) is 17.2 Å². The summed E-state index contributed by atoms with van der Waals surface area (Å²) in [5.41, 5.74) is 7.96. The summed E-state index contributed by atoms with van der Waals surface area (Å²) in [5, 5.41) is 0. The summed E-state index contributed by atoms with van der Waals surface area (Å²) >= 11 is 8.34. The third kappa shape index (κ3) is 3.42. The number of carbonyl (C=O) groups is 1. The Labute approximate surface area is 139 Å². The molecule has 0 aliphatic rings. The second-order valence-electron chi connectivity index (χ2n) is 4.29. The van der Waals surface area contributed by atoms with Crippen LogP contribution in [0.5, 0.6) is 0 Å². The minimum absolute atomic E-state index is 0.0220. The lowest BCUT2D eigenvalue weighted by molar-refractivity contribution is 0.0986. The van der Waals surface area contributed by atoms with Crippen LogP contribution in [-0.2, 0) is 0 Å². The Morgan fingerprint density at radius 3 is 2.65 bits per heavy atom. The third-order valence-corrected chi connectivity index (χ3v) is 5.10. The first-order valence-electron chi connectivity index (χ1n) is 6.15. The molecule has 1 aromatic heterocycles. The summed E-state index contributed by atoms with van der Waals surface area (Å²) in [4.78, 5) is 14.5. The highest BCUT2D eigenvalue weighted by Crippen LogP contribution is 2.33. The molecule has 3 nitrogen and oxygen atoms in total. The Morgan fingerprint density at radius 2 is 2.10 bits per heavy atom. The van der Waals surface area contributed by atoms with E-state index in [-0.39, 0.29) is 5.91 Å². The van der Waals surface area contributed by atoms with Crippen LogP contribution in [0.2, 0.25) is 0 Å². The molecule has 106 valence electrons. The highest BCUT2D eigenvalue weighted by molar-refractivity contribution is 9.12. The van der Waals surface area contributed by atoms with E-state index in [4.69, 9.17) is 5.73 Å². The van der Waals surface area contributed by atoms with E-state index in [1.807, 2.05) is 37.3 Å². The summed E-state index contributed by atoms with van der Waals surface area (Å²) in [6, 6.07) is 9.24. The zero-order chi connectivity index (χ0) is 14.7. The van der Waals surface area contributed by atoms with E-state index in [1.165, 1.54) is 11.3 Å². The molecule has 1 amide bonds. The van der Waals surface area contributed by atoms with Crippen molar-refractivity contribution in [1.29, 1.82) is 0 Å². The zero-order valence-corrected chi connectivity index (χ0v) is 14.9. The zero-order valence-electron chi connectivity index (χ0n) is 10.9. The number of carbonyl (C=O) groups excluding carboxylic acids is 1. The fourth-order valence-corrected chi connectivity index (χ4v) is 4.67. The maximum atomic E-state index is 12.7.